The molecule has 5 nitrogen and oxygen atoms in total. The number of carbonyl (C=O) groups excluding carboxylic acids is 1. The Kier molecular flexibility index (Phi) is 4.78. The highest BCUT2D eigenvalue weighted by atomic mass is 16.5. The van der Waals surface area contributed by atoms with Gasteiger partial charge in [0.1, 0.15) is 0 Å². The molecule has 3 aliphatic rings. The predicted molar refractivity (Wildman–Crippen MR) is 95.3 cm³/mol. The van der Waals surface area contributed by atoms with Gasteiger partial charge in [-0.2, -0.15) is 0 Å². The number of aromatic nitrogens is 1. The lowest BCUT2D eigenvalue weighted by atomic mass is 9.72. The number of hydrogen-bond donors (Lipinski definition) is 2. The maximum absolute atomic E-state index is 11.5. The number of amides is 1. The Labute approximate surface area is 149 Å². The van der Waals surface area contributed by atoms with Gasteiger partial charge < -0.3 is 0 Å². The Morgan fingerprint density at radius 1 is 1.32 bits per heavy atom. The Bertz CT molecular complexity index is 640. The van der Waals surface area contributed by atoms with Crippen LogP contribution in [0, 0.1) is 11.3 Å². The van der Waals surface area contributed by atoms with Crippen LogP contribution < -0.4 is 5.48 Å². The summed E-state index contributed by atoms with van der Waals surface area (Å²) in [7, 11) is 0. The maximum Gasteiger partial charge on any atom is 0.276 e. The smallest absolute Gasteiger partial charge is 0.276 e. The summed E-state index contributed by atoms with van der Waals surface area (Å²) in [5.74, 6) is 0.362. The number of pyridine rings is 1. The lowest BCUT2D eigenvalue weighted by Crippen LogP contribution is -2.35. The first kappa shape index (κ1) is 17.0. The van der Waals surface area contributed by atoms with Crippen LogP contribution in [0.1, 0.15) is 73.0 Å². The number of nitrogens with zero attached hydrogens (tertiary/aromatic N) is 2. The third-order valence-electron chi connectivity index (χ3n) is 6.73. The first-order chi connectivity index (χ1) is 12.2. The average molecular weight is 343 g/mol. The van der Waals surface area contributed by atoms with Gasteiger partial charge in [-0.1, -0.05) is 19.3 Å². The molecular weight excluding hydrogens is 314 g/mol. The highest BCUT2D eigenvalue weighted by Gasteiger charge is 2.40. The first-order valence-corrected chi connectivity index (χ1v) is 9.82. The number of fused-ring (bicyclic) bond motifs is 1. The summed E-state index contributed by atoms with van der Waals surface area (Å²) in [6.07, 6.45) is 14.0. The molecule has 2 N–H and O–H groups in total. The van der Waals surface area contributed by atoms with Crippen molar-refractivity contribution >= 4 is 5.91 Å². The van der Waals surface area contributed by atoms with Gasteiger partial charge in [-0.05, 0) is 61.5 Å². The van der Waals surface area contributed by atoms with Gasteiger partial charge in [0.25, 0.3) is 5.91 Å². The molecule has 4 rings (SSSR count). The van der Waals surface area contributed by atoms with E-state index in [1.165, 1.54) is 57.9 Å². The molecule has 1 spiro atoms. The maximum atomic E-state index is 11.5. The molecule has 0 radical (unpaired) electrons. The molecule has 1 amide bonds. The minimum Gasteiger partial charge on any atom is -0.297 e. The van der Waals surface area contributed by atoms with Crippen LogP contribution in [-0.2, 0) is 13.0 Å². The van der Waals surface area contributed by atoms with E-state index < -0.39 is 5.91 Å². The van der Waals surface area contributed by atoms with E-state index in [-0.39, 0.29) is 0 Å². The van der Waals surface area contributed by atoms with Gasteiger partial charge in [0.05, 0.1) is 11.3 Å². The summed E-state index contributed by atoms with van der Waals surface area (Å²) < 4.78 is 0. The van der Waals surface area contributed by atoms with Crippen LogP contribution in [0.4, 0.5) is 0 Å². The number of nitrogens with one attached hydrogen (secondary N) is 1. The van der Waals surface area contributed by atoms with Crippen molar-refractivity contribution in [3.63, 3.8) is 0 Å². The van der Waals surface area contributed by atoms with Crippen LogP contribution in [-0.4, -0.2) is 34.1 Å². The van der Waals surface area contributed by atoms with Crippen LogP contribution in [0.5, 0.6) is 0 Å². The van der Waals surface area contributed by atoms with Crippen LogP contribution in [0.15, 0.2) is 12.3 Å². The quantitative estimate of drug-likeness (QED) is 0.653. The van der Waals surface area contributed by atoms with Crippen molar-refractivity contribution in [3.8, 4) is 0 Å². The molecule has 0 saturated heterocycles. The molecule has 136 valence electrons. The molecule has 0 aromatic carbocycles. The lowest BCUT2D eigenvalue weighted by molar-refractivity contribution is 0.0705. The van der Waals surface area contributed by atoms with Crippen molar-refractivity contribution < 1.29 is 10.0 Å². The summed E-state index contributed by atoms with van der Waals surface area (Å²) in [6.45, 7) is 3.13. The molecule has 25 heavy (non-hydrogen) atoms. The number of hydrogen-bond acceptors (Lipinski definition) is 4. The molecule has 5 heteroatoms. The molecule has 2 saturated carbocycles. The second-order valence-corrected chi connectivity index (χ2v) is 8.43. The zero-order valence-corrected chi connectivity index (χ0v) is 15.0. The Hall–Kier alpha value is -1.46. The lowest BCUT2D eigenvalue weighted by Gasteiger charge is -2.34. The highest BCUT2D eigenvalue weighted by molar-refractivity contribution is 5.93. The van der Waals surface area contributed by atoms with Gasteiger partial charge in [0.15, 0.2) is 0 Å². The predicted octanol–water partition coefficient (Wildman–Crippen LogP) is 3.31. The van der Waals surface area contributed by atoms with Crippen LogP contribution in [0.2, 0.25) is 0 Å². The van der Waals surface area contributed by atoms with Gasteiger partial charge in [0, 0.05) is 25.8 Å². The summed E-state index contributed by atoms with van der Waals surface area (Å²) >= 11 is 0. The van der Waals surface area contributed by atoms with E-state index in [0.29, 0.717) is 11.0 Å². The van der Waals surface area contributed by atoms with Crippen molar-refractivity contribution in [2.24, 2.45) is 11.3 Å². The summed E-state index contributed by atoms with van der Waals surface area (Å²) in [4.78, 5) is 18.6. The zero-order valence-electron chi connectivity index (χ0n) is 15.0. The van der Waals surface area contributed by atoms with Gasteiger partial charge in [-0.15, -0.1) is 0 Å². The third-order valence-corrected chi connectivity index (χ3v) is 6.73. The standard InChI is InChI=1S/C20H29N3O2/c24-19(22-25)17-10-16-5-9-23(14-18(16)21-12-17)13-15-4-8-20(11-15)6-2-1-3-7-20/h10,12,15,25H,1-9,11,13-14H2,(H,22,24)/t15-/m1/s1. The average Bonchev–Trinajstić information content (AvgIpc) is 3.03. The fourth-order valence-corrected chi connectivity index (χ4v) is 5.42. The fraction of sp³-hybridized carbons (Fsp3) is 0.700. The van der Waals surface area contributed by atoms with Crippen molar-refractivity contribution in [3.05, 3.63) is 29.1 Å². The molecule has 1 aromatic heterocycles. The van der Waals surface area contributed by atoms with E-state index in [2.05, 4.69) is 9.88 Å². The van der Waals surface area contributed by atoms with Crippen molar-refractivity contribution in [2.45, 2.75) is 64.3 Å². The monoisotopic (exact) mass is 343 g/mol. The van der Waals surface area contributed by atoms with Gasteiger partial charge >= 0.3 is 0 Å². The van der Waals surface area contributed by atoms with Crippen molar-refractivity contribution in [1.29, 1.82) is 0 Å². The van der Waals surface area contributed by atoms with E-state index >= 15 is 0 Å². The molecule has 2 heterocycles. The molecule has 1 aliphatic heterocycles. The molecule has 1 aromatic rings. The van der Waals surface area contributed by atoms with Crippen LogP contribution >= 0.6 is 0 Å². The second-order valence-electron chi connectivity index (χ2n) is 8.43. The molecule has 1 atom stereocenters. The Morgan fingerprint density at radius 2 is 2.16 bits per heavy atom. The minimum absolute atomic E-state index is 0.435. The first-order valence-electron chi connectivity index (χ1n) is 9.82. The Morgan fingerprint density at radius 3 is 2.96 bits per heavy atom. The molecule has 2 fully saturated rings. The van der Waals surface area contributed by atoms with Gasteiger partial charge in [0.2, 0.25) is 0 Å². The van der Waals surface area contributed by atoms with E-state index in [0.717, 1.165) is 36.7 Å². The topological polar surface area (TPSA) is 65.5 Å². The number of rotatable bonds is 3. The SMILES string of the molecule is O=C(NO)c1cnc2c(c1)CCN(C[C@@H]1CCC3(CCCCC3)C1)C2. The normalized spacial score (nSPS) is 25.7. The van der Waals surface area contributed by atoms with Crippen LogP contribution in [0.3, 0.4) is 0 Å². The van der Waals surface area contributed by atoms with E-state index in [1.807, 2.05) is 6.07 Å². The van der Waals surface area contributed by atoms with E-state index in [9.17, 15) is 4.79 Å². The van der Waals surface area contributed by atoms with Gasteiger partial charge in [-0.25, -0.2) is 5.48 Å². The fourth-order valence-electron chi connectivity index (χ4n) is 5.42. The van der Waals surface area contributed by atoms with E-state index in [1.54, 1.807) is 11.7 Å². The van der Waals surface area contributed by atoms with Crippen molar-refractivity contribution in [1.82, 2.24) is 15.4 Å². The minimum atomic E-state index is -0.485. The molecular formula is C20H29N3O2. The molecule has 0 unspecified atom stereocenters. The third kappa shape index (κ3) is 3.58. The van der Waals surface area contributed by atoms with E-state index in [4.69, 9.17) is 5.21 Å². The number of carbonyl (C=O) groups is 1. The number of hydroxylamine groups is 1. The van der Waals surface area contributed by atoms with Gasteiger partial charge in [-0.3, -0.25) is 19.9 Å². The zero-order chi connectivity index (χ0) is 17.3. The second kappa shape index (κ2) is 7.04. The van der Waals surface area contributed by atoms with Crippen LogP contribution in [0.25, 0.3) is 0 Å². The highest BCUT2D eigenvalue weighted by Crippen LogP contribution is 2.51. The van der Waals surface area contributed by atoms with Crippen molar-refractivity contribution in [2.75, 3.05) is 13.1 Å². The molecule has 2 aliphatic carbocycles. The summed E-state index contributed by atoms with van der Waals surface area (Å²) in [5, 5.41) is 8.76. The molecule has 0 bridgehead atoms. The summed E-state index contributed by atoms with van der Waals surface area (Å²) in [6, 6.07) is 1.87. The summed E-state index contributed by atoms with van der Waals surface area (Å²) in [5.41, 5.74) is 5.04. The largest absolute Gasteiger partial charge is 0.297 e. The Balaban J connectivity index is 1.36.